The fraction of sp³-hybridized carbons (Fsp3) is 1.00. The molecule has 3 heteroatoms. The minimum atomic E-state index is 0.151. The van der Waals surface area contributed by atoms with Gasteiger partial charge in [0.15, 0.2) is 0 Å². The minimum absolute atomic E-state index is 0.151. The van der Waals surface area contributed by atoms with Gasteiger partial charge in [0.2, 0.25) is 0 Å². The van der Waals surface area contributed by atoms with Crippen molar-refractivity contribution in [3.8, 4) is 0 Å². The maximum absolute atomic E-state index is 6.01. The van der Waals surface area contributed by atoms with Crippen LogP contribution < -0.4 is 5.73 Å². The molecular weight excluding hydrogens is 188 g/mol. The van der Waals surface area contributed by atoms with E-state index < -0.39 is 0 Å². The Morgan fingerprint density at radius 3 is 2.87 bits per heavy atom. The van der Waals surface area contributed by atoms with Crippen LogP contribution in [0.1, 0.15) is 39.0 Å². The van der Waals surface area contributed by atoms with Crippen molar-refractivity contribution in [2.45, 2.75) is 50.6 Å². The zero-order valence-electron chi connectivity index (χ0n) is 9.87. The molecular formula is C12H24N2O. The molecule has 3 nitrogen and oxygen atoms in total. The van der Waals surface area contributed by atoms with Crippen LogP contribution in [0.15, 0.2) is 0 Å². The molecule has 0 radical (unpaired) electrons. The van der Waals surface area contributed by atoms with Gasteiger partial charge in [-0.2, -0.15) is 0 Å². The fourth-order valence-electron chi connectivity index (χ4n) is 3.15. The van der Waals surface area contributed by atoms with E-state index in [1.54, 1.807) is 0 Å². The van der Waals surface area contributed by atoms with Crippen LogP contribution in [0, 0.1) is 0 Å². The second-order valence-electron chi connectivity index (χ2n) is 5.12. The molecule has 2 saturated heterocycles. The van der Waals surface area contributed by atoms with E-state index in [4.69, 9.17) is 10.5 Å². The number of rotatable bonds is 2. The van der Waals surface area contributed by atoms with E-state index in [1.165, 1.54) is 38.6 Å². The topological polar surface area (TPSA) is 38.5 Å². The van der Waals surface area contributed by atoms with Crippen LogP contribution in [0.2, 0.25) is 0 Å². The fourth-order valence-corrected chi connectivity index (χ4v) is 3.15. The van der Waals surface area contributed by atoms with E-state index in [0.717, 1.165) is 19.8 Å². The number of ether oxygens (including phenoxy) is 1. The molecule has 2 heterocycles. The second kappa shape index (κ2) is 4.81. The molecule has 0 aromatic carbocycles. The van der Waals surface area contributed by atoms with Crippen molar-refractivity contribution in [2.24, 2.45) is 5.73 Å². The van der Waals surface area contributed by atoms with Crippen molar-refractivity contribution in [3.63, 3.8) is 0 Å². The third kappa shape index (κ3) is 2.19. The summed E-state index contributed by atoms with van der Waals surface area (Å²) in [7, 11) is 0. The van der Waals surface area contributed by atoms with Crippen molar-refractivity contribution in [1.29, 1.82) is 0 Å². The summed E-state index contributed by atoms with van der Waals surface area (Å²) in [5.41, 5.74) is 6.16. The molecule has 2 aliphatic rings. The molecule has 0 aliphatic carbocycles. The lowest BCUT2D eigenvalue weighted by molar-refractivity contribution is -0.0698. The molecule has 0 aromatic rings. The summed E-state index contributed by atoms with van der Waals surface area (Å²) in [6, 6.07) is 0.684. The summed E-state index contributed by atoms with van der Waals surface area (Å²) >= 11 is 0. The van der Waals surface area contributed by atoms with Crippen LogP contribution in [0.4, 0.5) is 0 Å². The average Bonchev–Trinajstić information content (AvgIpc) is 2.30. The van der Waals surface area contributed by atoms with Gasteiger partial charge in [0, 0.05) is 19.2 Å². The smallest absolute Gasteiger partial charge is 0.0662 e. The number of hydrogen-bond acceptors (Lipinski definition) is 3. The average molecular weight is 212 g/mol. The first kappa shape index (κ1) is 11.4. The van der Waals surface area contributed by atoms with Gasteiger partial charge in [0.25, 0.3) is 0 Å². The lowest BCUT2D eigenvalue weighted by atomic mass is 9.86. The Morgan fingerprint density at radius 1 is 1.40 bits per heavy atom. The van der Waals surface area contributed by atoms with Crippen LogP contribution >= 0.6 is 0 Å². The van der Waals surface area contributed by atoms with Gasteiger partial charge in [-0.1, -0.05) is 6.42 Å². The molecule has 2 fully saturated rings. The first-order valence-electron chi connectivity index (χ1n) is 6.33. The Balaban J connectivity index is 2.08. The van der Waals surface area contributed by atoms with Gasteiger partial charge in [0.05, 0.1) is 12.1 Å². The summed E-state index contributed by atoms with van der Waals surface area (Å²) in [5, 5.41) is 0. The van der Waals surface area contributed by atoms with Crippen LogP contribution in [0.3, 0.4) is 0 Å². The van der Waals surface area contributed by atoms with Crippen LogP contribution in [-0.2, 0) is 4.74 Å². The Hall–Kier alpha value is -0.120. The van der Waals surface area contributed by atoms with E-state index in [9.17, 15) is 0 Å². The lowest BCUT2D eigenvalue weighted by Gasteiger charge is -2.50. The molecule has 0 saturated carbocycles. The van der Waals surface area contributed by atoms with Gasteiger partial charge in [0.1, 0.15) is 0 Å². The predicted molar refractivity (Wildman–Crippen MR) is 61.9 cm³/mol. The number of hydrogen-bond donors (Lipinski definition) is 1. The molecule has 2 unspecified atom stereocenters. The number of nitrogens with zero attached hydrogens (tertiary/aromatic N) is 1. The van der Waals surface area contributed by atoms with Crippen molar-refractivity contribution < 1.29 is 4.74 Å². The Morgan fingerprint density at radius 2 is 2.27 bits per heavy atom. The van der Waals surface area contributed by atoms with Gasteiger partial charge in [-0.25, -0.2) is 0 Å². The van der Waals surface area contributed by atoms with Gasteiger partial charge < -0.3 is 10.5 Å². The first-order chi connectivity index (χ1) is 7.28. The van der Waals surface area contributed by atoms with Crippen molar-refractivity contribution >= 4 is 0 Å². The molecule has 0 bridgehead atoms. The maximum atomic E-state index is 6.01. The first-order valence-corrected chi connectivity index (χ1v) is 6.33. The molecule has 2 atom stereocenters. The van der Waals surface area contributed by atoms with Gasteiger partial charge in [-0.15, -0.1) is 0 Å². The minimum Gasteiger partial charge on any atom is -0.379 e. The highest BCUT2D eigenvalue weighted by Crippen LogP contribution is 2.31. The third-order valence-corrected chi connectivity index (χ3v) is 4.09. The van der Waals surface area contributed by atoms with Crippen LogP contribution in [0.25, 0.3) is 0 Å². The molecule has 88 valence electrons. The number of piperidine rings is 1. The molecule has 2 N–H and O–H groups in total. The molecule has 2 rings (SSSR count). The monoisotopic (exact) mass is 212 g/mol. The summed E-state index contributed by atoms with van der Waals surface area (Å²) in [6.07, 6.45) is 6.40. The molecule has 0 amide bonds. The molecule has 15 heavy (non-hydrogen) atoms. The lowest BCUT2D eigenvalue weighted by Crippen LogP contribution is -2.62. The Labute approximate surface area is 93.0 Å². The highest BCUT2D eigenvalue weighted by Gasteiger charge is 2.40. The standard InChI is InChI=1S/C12H24N2O/c1-11-5-2-3-7-14(11)12(9-13)6-4-8-15-10-12/h11H,2-10,13H2,1H3. The van der Waals surface area contributed by atoms with E-state index in [2.05, 4.69) is 11.8 Å². The Kier molecular flexibility index (Phi) is 3.65. The van der Waals surface area contributed by atoms with E-state index >= 15 is 0 Å². The van der Waals surface area contributed by atoms with Crippen molar-refractivity contribution in [1.82, 2.24) is 4.90 Å². The summed E-state index contributed by atoms with van der Waals surface area (Å²) in [6.45, 7) is 6.06. The van der Waals surface area contributed by atoms with Gasteiger partial charge >= 0.3 is 0 Å². The highest BCUT2D eigenvalue weighted by atomic mass is 16.5. The van der Waals surface area contributed by atoms with Gasteiger partial charge in [-0.3, -0.25) is 4.90 Å². The predicted octanol–water partition coefficient (Wildman–Crippen LogP) is 1.37. The van der Waals surface area contributed by atoms with Crippen molar-refractivity contribution in [2.75, 3.05) is 26.3 Å². The van der Waals surface area contributed by atoms with Crippen LogP contribution in [-0.4, -0.2) is 42.8 Å². The second-order valence-corrected chi connectivity index (χ2v) is 5.12. The van der Waals surface area contributed by atoms with Crippen molar-refractivity contribution in [3.05, 3.63) is 0 Å². The molecule has 0 aromatic heterocycles. The zero-order chi connectivity index (χ0) is 10.7. The summed E-state index contributed by atoms with van der Waals surface area (Å²) in [4.78, 5) is 2.62. The number of nitrogens with two attached hydrogens (primary N) is 1. The third-order valence-electron chi connectivity index (χ3n) is 4.09. The molecule has 2 aliphatic heterocycles. The van der Waals surface area contributed by atoms with Crippen LogP contribution in [0.5, 0.6) is 0 Å². The number of likely N-dealkylation sites (tertiary alicyclic amines) is 1. The van der Waals surface area contributed by atoms with Gasteiger partial charge in [-0.05, 0) is 39.2 Å². The maximum Gasteiger partial charge on any atom is 0.0662 e. The normalized spacial score (nSPS) is 39.2. The largest absolute Gasteiger partial charge is 0.379 e. The zero-order valence-corrected chi connectivity index (χ0v) is 9.87. The Bertz CT molecular complexity index is 202. The quantitative estimate of drug-likeness (QED) is 0.751. The van der Waals surface area contributed by atoms with E-state index in [0.29, 0.717) is 6.04 Å². The summed E-state index contributed by atoms with van der Waals surface area (Å²) < 4.78 is 5.66. The SMILES string of the molecule is CC1CCCCN1C1(CN)CCCOC1. The summed E-state index contributed by atoms with van der Waals surface area (Å²) in [5.74, 6) is 0. The highest BCUT2D eigenvalue weighted by molar-refractivity contribution is 4.97. The molecule has 0 spiro atoms. The van der Waals surface area contributed by atoms with E-state index in [-0.39, 0.29) is 5.54 Å². The van der Waals surface area contributed by atoms with E-state index in [1.807, 2.05) is 0 Å².